The lowest BCUT2D eigenvalue weighted by Crippen LogP contribution is -2.46. The van der Waals surface area contributed by atoms with Crippen LogP contribution in [0.25, 0.3) is 0 Å². The third-order valence-corrected chi connectivity index (χ3v) is 7.07. The summed E-state index contributed by atoms with van der Waals surface area (Å²) >= 11 is 0. The van der Waals surface area contributed by atoms with Crippen LogP contribution in [0.1, 0.15) is 29.4 Å². The maximum absolute atomic E-state index is 12.8. The van der Waals surface area contributed by atoms with Gasteiger partial charge in [0.05, 0.1) is 33.1 Å². The van der Waals surface area contributed by atoms with Gasteiger partial charge in [-0.2, -0.15) is 0 Å². The Balaban J connectivity index is 1.36. The summed E-state index contributed by atoms with van der Waals surface area (Å²) in [6.07, 6.45) is -0.128. The molecule has 3 heterocycles. The second-order valence-corrected chi connectivity index (χ2v) is 9.49. The summed E-state index contributed by atoms with van der Waals surface area (Å²) in [4.78, 5) is 29.6. The minimum absolute atomic E-state index is 0.0245. The lowest BCUT2D eigenvalue weighted by Gasteiger charge is -2.36. The fraction of sp³-hybridized carbons (Fsp3) is 0.379. The van der Waals surface area contributed by atoms with Crippen LogP contribution >= 0.6 is 0 Å². The maximum atomic E-state index is 12.8. The molecule has 1 saturated heterocycles. The highest BCUT2D eigenvalue weighted by Crippen LogP contribution is 2.39. The van der Waals surface area contributed by atoms with Crippen LogP contribution in [0.2, 0.25) is 0 Å². The standard InChI is InChI=1S/C29H32N2O8/c1-35-21-6-4-20(5-7-21)31-11-9-30(10-12-31)18-22-16-24(32)28(34)29(39-22)23(17-27(33)36-2)19-3-8-25-26(15-19)38-14-13-37-25/h3-8,15-16,23,34H,9-14,17-18H2,1-2H3. The van der Waals surface area contributed by atoms with E-state index in [-0.39, 0.29) is 12.2 Å². The molecule has 0 saturated carbocycles. The zero-order valence-corrected chi connectivity index (χ0v) is 22.1. The minimum Gasteiger partial charge on any atom is -0.502 e. The molecule has 0 bridgehead atoms. The number of nitrogens with zero attached hydrogens (tertiary/aromatic N) is 2. The van der Waals surface area contributed by atoms with Crippen LogP contribution in [0, 0.1) is 0 Å². The fourth-order valence-corrected chi connectivity index (χ4v) is 4.94. The topological polar surface area (TPSA) is 111 Å². The van der Waals surface area contributed by atoms with Gasteiger partial charge in [-0.25, -0.2) is 0 Å². The molecular weight excluding hydrogens is 504 g/mol. The molecule has 1 fully saturated rings. The third-order valence-electron chi connectivity index (χ3n) is 7.07. The summed E-state index contributed by atoms with van der Waals surface area (Å²) in [5.74, 6) is 0.597. The van der Waals surface area contributed by atoms with Gasteiger partial charge in [-0.15, -0.1) is 0 Å². The quantitative estimate of drug-likeness (QED) is 0.431. The van der Waals surface area contributed by atoms with Gasteiger partial charge in [0.1, 0.15) is 24.7 Å². The second-order valence-electron chi connectivity index (χ2n) is 9.49. The van der Waals surface area contributed by atoms with E-state index in [2.05, 4.69) is 9.80 Å². The van der Waals surface area contributed by atoms with Gasteiger partial charge in [-0.05, 0) is 42.0 Å². The zero-order chi connectivity index (χ0) is 27.4. The van der Waals surface area contributed by atoms with E-state index in [1.807, 2.05) is 24.3 Å². The summed E-state index contributed by atoms with van der Waals surface area (Å²) in [5.41, 5.74) is 1.20. The smallest absolute Gasteiger partial charge is 0.306 e. The number of carbonyl (C=O) groups excluding carboxylic acids is 1. The first-order valence-corrected chi connectivity index (χ1v) is 12.9. The van der Waals surface area contributed by atoms with Gasteiger partial charge >= 0.3 is 5.97 Å². The molecule has 39 heavy (non-hydrogen) atoms. The predicted molar refractivity (Wildman–Crippen MR) is 143 cm³/mol. The first-order valence-electron chi connectivity index (χ1n) is 12.9. The monoisotopic (exact) mass is 536 g/mol. The molecule has 1 atom stereocenters. The van der Waals surface area contributed by atoms with Gasteiger partial charge in [0.15, 0.2) is 17.3 Å². The van der Waals surface area contributed by atoms with Crippen molar-refractivity contribution >= 4 is 11.7 Å². The normalized spacial score (nSPS) is 16.0. The van der Waals surface area contributed by atoms with Crippen molar-refractivity contribution < 1.29 is 33.3 Å². The Hall–Kier alpha value is -4.18. The number of benzene rings is 2. The van der Waals surface area contributed by atoms with Crippen molar-refractivity contribution in [3.63, 3.8) is 0 Å². The van der Waals surface area contributed by atoms with Gasteiger partial charge in [0, 0.05) is 37.9 Å². The average molecular weight is 537 g/mol. The summed E-state index contributed by atoms with van der Waals surface area (Å²) < 4.78 is 27.6. The van der Waals surface area contributed by atoms with Crippen molar-refractivity contribution in [2.24, 2.45) is 0 Å². The van der Waals surface area contributed by atoms with Gasteiger partial charge in [-0.3, -0.25) is 14.5 Å². The molecule has 1 aromatic heterocycles. The van der Waals surface area contributed by atoms with Gasteiger partial charge in [-0.1, -0.05) is 6.07 Å². The Morgan fingerprint density at radius 2 is 1.69 bits per heavy atom. The Bertz CT molecular complexity index is 1360. The second kappa shape index (κ2) is 11.7. The highest BCUT2D eigenvalue weighted by molar-refractivity contribution is 5.71. The van der Waals surface area contributed by atoms with Crippen LogP contribution in [-0.2, 0) is 16.1 Å². The first-order chi connectivity index (χ1) is 18.9. The summed E-state index contributed by atoms with van der Waals surface area (Å²) in [7, 11) is 2.94. The lowest BCUT2D eigenvalue weighted by atomic mass is 9.91. The predicted octanol–water partition coefficient (Wildman–Crippen LogP) is 3.14. The number of hydrogen-bond donors (Lipinski definition) is 1. The molecule has 2 aromatic carbocycles. The molecule has 2 aliphatic heterocycles. The zero-order valence-electron chi connectivity index (χ0n) is 22.1. The highest BCUT2D eigenvalue weighted by atomic mass is 16.6. The minimum atomic E-state index is -0.757. The van der Waals surface area contributed by atoms with E-state index >= 15 is 0 Å². The number of hydrogen-bond acceptors (Lipinski definition) is 10. The Labute approximate surface area is 226 Å². The van der Waals surface area contributed by atoms with Crippen LogP contribution in [0.3, 0.4) is 0 Å². The number of aromatic hydroxyl groups is 1. The molecule has 3 aromatic rings. The highest BCUT2D eigenvalue weighted by Gasteiger charge is 2.29. The number of piperazine rings is 1. The Kier molecular flexibility index (Phi) is 7.92. The Morgan fingerprint density at radius 1 is 0.974 bits per heavy atom. The first kappa shape index (κ1) is 26.4. The molecule has 0 amide bonds. The number of carbonyl (C=O) groups is 1. The largest absolute Gasteiger partial charge is 0.502 e. The van der Waals surface area contributed by atoms with E-state index < -0.39 is 23.1 Å². The number of fused-ring (bicyclic) bond motifs is 1. The van der Waals surface area contributed by atoms with Crippen LogP contribution in [0.15, 0.2) is 57.7 Å². The summed E-state index contributed by atoms with van der Waals surface area (Å²) in [6.45, 7) is 4.39. The van der Waals surface area contributed by atoms with Crippen molar-refractivity contribution in [1.82, 2.24) is 4.90 Å². The van der Waals surface area contributed by atoms with E-state index in [9.17, 15) is 14.7 Å². The molecule has 10 nitrogen and oxygen atoms in total. The molecular formula is C29H32N2O8. The molecule has 206 valence electrons. The van der Waals surface area contributed by atoms with Gasteiger partial charge in [0.2, 0.25) is 11.2 Å². The van der Waals surface area contributed by atoms with Crippen molar-refractivity contribution in [2.75, 3.05) is 58.5 Å². The molecule has 0 aliphatic carbocycles. The van der Waals surface area contributed by atoms with E-state index in [1.54, 1.807) is 25.3 Å². The van der Waals surface area contributed by atoms with Crippen molar-refractivity contribution in [1.29, 1.82) is 0 Å². The van der Waals surface area contributed by atoms with Gasteiger partial charge in [0.25, 0.3) is 0 Å². The van der Waals surface area contributed by atoms with E-state index in [4.69, 9.17) is 23.4 Å². The molecule has 10 heteroatoms. The molecule has 1 unspecified atom stereocenters. The molecule has 2 aliphatic rings. The fourth-order valence-electron chi connectivity index (χ4n) is 4.94. The van der Waals surface area contributed by atoms with E-state index in [0.29, 0.717) is 42.6 Å². The third kappa shape index (κ3) is 5.96. The Morgan fingerprint density at radius 3 is 2.38 bits per heavy atom. The number of anilines is 1. The number of ether oxygens (including phenoxy) is 4. The van der Waals surface area contributed by atoms with E-state index in [1.165, 1.54) is 13.2 Å². The van der Waals surface area contributed by atoms with Crippen LogP contribution in [0.4, 0.5) is 5.69 Å². The van der Waals surface area contributed by atoms with Crippen molar-refractivity contribution in [3.05, 3.63) is 75.8 Å². The summed E-state index contributed by atoms with van der Waals surface area (Å²) in [5, 5.41) is 10.7. The number of methoxy groups -OCH3 is 2. The SMILES string of the molecule is COC(=O)CC(c1ccc2c(c1)OCCO2)c1oc(CN2CCN(c3ccc(OC)cc3)CC2)cc(=O)c1O. The number of rotatable bonds is 8. The number of esters is 1. The molecule has 0 radical (unpaired) electrons. The maximum Gasteiger partial charge on any atom is 0.306 e. The van der Waals surface area contributed by atoms with Crippen molar-refractivity contribution in [2.45, 2.75) is 18.9 Å². The average Bonchev–Trinajstić information content (AvgIpc) is 2.98. The van der Waals surface area contributed by atoms with E-state index in [0.717, 1.165) is 37.6 Å². The molecule has 1 N–H and O–H groups in total. The molecule has 0 spiro atoms. The van der Waals surface area contributed by atoms with Crippen molar-refractivity contribution in [3.8, 4) is 23.0 Å². The summed E-state index contributed by atoms with van der Waals surface area (Å²) in [6, 6.07) is 14.5. The van der Waals surface area contributed by atoms with Crippen LogP contribution in [0.5, 0.6) is 23.0 Å². The molecule has 5 rings (SSSR count). The van der Waals surface area contributed by atoms with Gasteiger partial charge < -0.3 is 33.4 Å². The van der Waals surface area contributed by atoms with Crippen LogP contribution < -0.4 is 24.5 Å². The van der Waals surface area contributed by atoms with Crippen LogP contribution in [-0.4, -0.2) is 69.6 Å². The lowest BCUT2D eigenvalue weighted by molar-refractivity contribution is -0.140.